The lowest BCUT2D eigenvalue weighted by molar-refractivity contribution is -0.140. The van der Waals surface area contributed by atoms with Gasteiger partial charge in [-0.3, -0.25) is 9.59 Å². The Bertz CT molecular complexity index is 934. The Morgan fingerprint density at radius 2 is 1.82 bits per heavy atom. The summed E-state index contributed by atoms with van der Waals surface area (Å²) in [5, 5.41) is 0. The molecule has 1 aliphatic heterocycles. The maximum Gasteiger partial charge on any atom is 0.323 e. The molecule has 4 nitrogen and oxygen atoms in total. The van der Waals surface area contributed by atoms with Crippen LogP contribution in [0.15, 0.2) is 30.3 Å². The predicted molar refractivity (Wildman–Crippen MR) is 109 cm³/mol. The summed E-state index contributed by atoms with van der Waals surface area (Å²) in [5.74, 6) is -0.249. The van der Waals surface area contributed by atoms with Gasteiger partial charge in [0.25, 0.3) is 0 Å². The quantitative estimate of drug-likeness (QED) is 0.567. The summed E-state index contributed by atoms with van der Waals surface area (Å²) in [6.07, 6.45) is 0.874. The van der Waals surface area contributed by atoms with E-state index in [0.29, 0.717) is 18.6 Å². The highest BCUT2D eigenvalue weighted by molar-refractivity contribution is 5.90. The van der Waals surface area contributed by atoms with Crippen LogP contribution in [-0.2, 0) is 26.2 Å². The molecule has 0 amide bonds. The van der Waals surface area contributed by atoms with E-state index in [0.717, 1.165) is 27.8 Å². The molecular formula is C24H28O4. The van der Waals surface area contributed by atoms with E-state index in [1.807, 2.05) is 25.1 Å². The van der Waals surface area contributed by atoms with Crippen LogP contribution in [0.4, 0.5) is 0 Å². The first-order valence-electron chi connectivity index (χ1n) is 9.64. The van der Waals surface area contributed by atoms with Gasteiger partial charge in [0, 0.05) is 17.5 Å². The fraction of sp³-hybridized carbons (Fsp3) is 0.417. The van der Waals surface area contributed by atoms with E-state index in [1.165, 1.54) is 12.7 Å². The van der Waals surface area contributed by atoms with Crippen LogP contribution in [0, 0.1) is 13.8 Å². The molecule has 0 radical (unpaired) electrons. The zero-order valence-corrected chi connectivity index (χ0v) is 17.5. The van der Waals surface area contributed by atoms with Gasteiger partial charge in [0.2, 0.25) is 0 Å². The molecule has 0 aromatic heterocycles. The number of methoxy groups -OCH3 is 1. The molecule has 4 heteroatoms. The van der Waals surface area contributed by atoms with E-state index in [1.54, 1.807) is 0 Å². The summed E-state index contributed by atoms with van der Waals surface area (Å²) in [4.78, 5) is 24.4. The second kappa shape index (κ2) is 7.42. The Kier molecular flexibility index (Phi) is 5.33. The molecule has 1 heterocycles. The third-order valence-corrected chi connectivity index (χ3v) is 5.44. The van der Waals surface area contributed by atoms with Gasteiger partial charge in [0.15, 0.2) is 0 Å². The standard InChI is InChI=1S/C24H28O4/c1-14-7-9-17(11-15(14)2)21-18-12-16(8-10-20(25)27-6)13-19(24(3,4)5)22(18)28-23(21)26/h7,9,11-13,21H,8,10H2,1-6H3. The molecule has 3 rings (SSSR count). The third kappa shape index (κ3) is 3.82. The lowest BCUT2D eigenvalue weighted by Gasteiger charge is -2.23. The largest absolute Gasteiger partial charge is 0.469 e. The SMILES string of the molecule is COC(=O)CCc1cc2c(c(C(C)(C)C)c1)OC(=O)C2c1ccc(C)c(C)c1. The predicted octanol–water partition coefficient (Wildman–Crippen LogP) is 4.76. The van der Waals surface area contributed by atoms with Gasteiger partial charge in [-0.05, 0) is 47.9 Å². The van der Waals surface area contributed by atoms with Gasteiger partial charge in [-0.25, -0.2) is 0 Å². The highest BCUT2D eigenvalue weighted by atomic mass is 16.5. The number of hydrogen-bond acceptors (Lipinski definition) is 4. The molecule has 2 aromatic carbocycles. The minimum absolute atomic E-state index is 0.191. The Hall–Kier alpha value is -2.62. The first-order chi connectivity index (χ1) is 13.1. The van der Waals surface area contributed by atoms with E-state index in [9.17, 15) is 9.59 Å². The van der Waals surface area contributed by atoms with Gasteiger partial charge < -0.3 is 9.47 Å². The molecule has 0 fully saturated rings. The van der Waals surface area contributed by atoms with Gasteiger partial charge in [-0.1, -0.05) is 51.1 Å². The summed E-state index contributed by atoms with van der Waals surface area (Å²) in [6, 6.07) is 10.2. The number of carbonyl (C=O) groups is 2. The van der Waals surface area contributed by atoms with Crippen molar-refractivity contribution < 1.29 is 19.1 Å². The molecule has 0 aliphatic carbocycles. The van der Waals surface area contributed by atoms with Crippen LogP contribution in [0.3, 0.4) is 0 Å². The van der Waals surface area contributed by atoms with Crippen molar-refractivity contribution in [3.63, 3.8) is 0 Å². The zero-order valence-electron chi connectivity index (χ0n) is 17.5. The fourth-order valence-electron chi connectivity index (χ4n) is 3.64. The number of esters is 2. The summed E-state index contributed by atoms with van der Waals surface area (Å²) in [6.45, 7) is 10.4. The zero-order chi connectivity index (χ0) is 20.6. The lowest BCUT2D eigenvalue weighted by Crippen LogP contribution is -2.14. The molecule has 0 saturated carbocycles. The van der Waals surface area contributed by atoms with E-state index in [-0.39, 0.29) is 17.4 Å². The molecule has 0 spiro atoms. The van der Waals surface area contributed by atoms with Crippen molar-refractivity contribution >= 4 is 11.9 Å². The van der Waals surface area contributed by atoms with Gasteiger partial charge in [-0.2, -0.15) is 0 Å². The van der Waals surface area contributed by atoms with Gasteiger partial charge in [0.1, 0.15) is 11.7 Å². The van der Waals surface area contributed by atoms with Crippen LogP contribution in [0.1, 0.15) is 66.5 Å². The number of aryl methyl sites for hydroxylation is 3. The normalized spacial score (nSPS) is 15.9. The van der Waals surface area contributed by atoms with Crippen molar-refractivity contribution in [2.75, 3.05) is 7.11 Å². The molecule has 1 aliphatic rings. The number of fused-ring (bicyclic) bond motifs is 1. The van der Waals surface area contributed by atoms with Crippen LogP contribution in [0.5, 0.6) is 5.75 Å². The summed E-state index contributed by atoms with van der Waals surface area (Å²) in [5.41, 5.74) is 5.99. The minimum Gasteiger partial charge on any atom is -0.469 e. The van der Waals surface area contributed by atoms with E-state index in [4.69, 9.17) is 9.47 Å². The van der Waals surface area contributed by atoms with Crippen LogP contribution >= 0.6 is 0 Å². The van der Waals surface area contributed by atoms with Crippen molar-refractivity contribution in [2.24, 2.45) is 0 Å². The second-order valence-electron chi connectivity index (χ2n) is 8.59. The van der Waals surface area contributed by atoms with Gasteiger partial charge >= 0.3 is 11.9 Å². The fourth-order valence-corrected chi connectivity index (χ4v) is 3.64. The summed E-state index contributed by atoms with van der Waals surface area (Å²) in [7, 11) is 1.40. The molecule has 0 bridgehead atoms. The van der Waals surface area contributed by atoms with E-state index >= 15 is 0 Å². The van der Waals surface area contributed by atoms with Crippen LogP contribution in [0.25, 0.3) is 0 Å². The Morgan fingerprint density at radius 3 is 2.43 bits per heavy atom. The third-order valence-electron chi connectivity index (χ3n) is 5.44. The molecule has 0 N–H and O–H groups in total. The van der Waals surface area contributed by atoms with Gasteiger partial charge in [-0.15, -0.1) is 0 Å². The molecule has 1 atom stereocenters. The smallest absolute Gasteiger partial charge is 0.323 e. The maximum atomic E-state index is 12.8. The Morgan fingerprint density at radius 1 is 1.11 bits per heavy atom. The van der Waals surface area contributed by atoms with Crippen molar-refractivity contribution in [2.45, 2.75) is 58.8 Å². The first kappa shape index (κ1) is 20.1. The number of hydrogen-bond donors (Lipinski definition) is 0. The number of benzene rings is 2. The molecule has 148 valence electrons. The monoisotopic (exact) mass is 380 g/mol. The topological polar surface area (TPSA) is 52.6 Å². The van der Waals surface area contributed by atoms with Crippen molar-refractivity contribution in [3.05, 3.63) is 63.7 Å². The van der Waals surface area contributed by atoms with E-state index < -0.39 is 5.92 Å². The summed E-state index contributed by atoms with van der Waals surface area (Å²) < 4.78 is 10.5. The van der Waals surface area contributed by atoms with Crippen LogP contribution in [-0.4, -0.2) is 19.0 Å². The second-order valence-corrected chi connectivity index (χ2v) is 8.59. The minimum atomic E-state index is -0.437. The van der Waals surface area contributed by atoms with Crippen molar-refractivity contribution in [1.29, 1.82) is 0 Å². The van der Waals surface area contributed by atoms with E-state index in [2.05, 4.69) is 39.8 Å². The highest BCUT2D eigenvalue weighted by Crippen LogP contribution is 2.46. The molecular weight excluding hydrogens is 352 g/mol. The highest BCUT2D eigenvalue weighted by Gasteiger charge is 2.38. The molecule has 1 unspecified atom stereocenters. The molecule has 2 aromatic rings. The number of carbonyl (C=O) groups excluding carboxylic acids is 2. The Labute approximate surface area is 166 Å². The average molecular weight is 380 g/mol. The molecule has 0 saturated heterocycles. The van der Waals surface area contributed by atoms with Crippen LogP contribution < -0.4 is 4.74 Å². The molecule has 28 heavy (non-hydrogen) atoms. The summed E-state index contributed by atoms with van der Waals surface area (Å²) >= 11 is 0. The van der Waals surface area contributed by atoms with Crippen LogP contribution in [0.2, 0.25) is 0 Å². The van der Waals surface area contributed by atoms with Crippen molar-refractivity contribution in [3.8, 4) is 5.75 Å². The van der Waals surface area contributed by atoms with Gasteiger partial charge in [0.05, 0.1) is 7.11 Å². The lowest BCUT2D eigenvalue weighted by atomic mass is 9.81. The maximum absolute atomic E-state index is 12.8. The Balaban J connectivity index is 2.11. The van der Waals surface area contributed by atoms with Crippen molar-refractivity contribution in [1.82, 2.24) is 0 Å². The number of ether oxygens (including phenoxy) is 2. The average Bonchev–Trinajstić information content (AvgIpc) is 2.96. The first-order valence-corrected chi connectivity index (χ1v) is 9.64. The number of rotatable bonds is 4.